The van der Waals surface area contributed by atoms with Crippen molar-refractivity contribution in [3.8, 4) is 22.9 Å². The lowest BCUT2D eigenvalue weighted by atomic mass is 10.1. The van der Waals surface area contributed by atoms with E-state index in [1.54, 1.807) is 30.3 Å². The molecule has 0 radical (unpaired) electrons. The molecule has 3 rings (SSSR count). The Bertz CT molecular complexity index is 1080. The monoisotopic (exact) mass is 427 g/mol. The number of ether oxygens (including phenoxy) is 2. The van der Waals surface area contributed by atoms with Crippen LogP contribution in [0.25, 0.3) is 11.3 Å². The molecule has 0 saturated heterocycles. The molecule has 8 heteroatoms. The van der Waals surface area contributed by atoms with Crippen LogP contribution in [-0.4, -0.2) is 38.4 Å². The molecule has 0 atom stereocenters. The number of sulfonamides is 1. The number of nitrogens with zero attached hydrogens (tertiary/aromatic N) is 2. The lowest BCUT2D eigenvalue weighted by Crippen LogP contribution is -2.28. The van der Waals surface area contributed by atoms with E-state index in [4.69, 9.17) is 9.47 Å². The van der Waals surface area contributed by atoms with Gasteiger partial charge in [-0.3, -0.25) is 0 Å². The third-order valence-electron chi connectivity index (χ3n) is 4.53. The highest BCUT2D eigenvalue weighted by Gasteiger charge is 2.14. The summed E-state index contributed by atoms with van der Waals surface area (Å²) >= 11 is 0. The van der Waals surface area contributed by atoms with Crippen LogP contribution in [0.1, 0.15) is 18.1 Å². The van der Waals surface area contributed by atoms with Gasteiger partial charge in [0, 0.05) is 18.2 Å². The van der Waals surface area contributed by atoms with Crippen molar-refractivity contribution in [3.63, 3.8) is 0 Å². The average Bonchev–Trinajstić information content (AvgIpc) is 2.74. The molecule has 0 fully saturated rings. The fourth-order valence-electron chi connectivity index (χ4n) is 2.74. The number of nitrogens with one attached hydrogen (secondary N) is 1. The lowest BCUT2D eigenvalue weighted by Gasteiger charge is -2.09. The minimum atomic E-state index is -3.58. The molecule has 7 nitrogen and oxygen atoms in total. The molecular formula is C22H25N3O4S. The van der Waals surface area contributed by atoms with Crippen LogP contribution in [0.3, 0.4) is 0 Å². The minimum Gasteiger partial charge on any atom is -0.494 e. The molecule has 0 amide bonds. The molecule has 1 N–H and O–H groups in total. The van der Waals surface area contributed by atoms with Crippen LogP contribution in [0, 0.1) is 13.8 Å². The van der Waals surface area contributed by atoms with Crippen LogP contribution < -0.4 is 14.2 Å². The fourth-order valence-corrected chi connectivity index (χ4v) is 3.83. The molecule has 0 bridgehead atoms. The number of hydrogen-bond acceptors (Lipinski definition) is 6. The Hall–Kier alpha value is -2.97. The summed E-state index contributed by atoms with van der Waals surface area (Å²) in [6, 6.07) is 16.1. The molecule has 1 heterocycles. The molecule has 0 saturated carbocycles. The summed E-state index contributed by atoms with van der Waals surface area (Å²) in [5.41, 5.74) is 3.60. The highest BCUT2D eigenvalue weighted by Crippen LogP contribution is 2.21. The van der Waals surface area contributed by atoms with Crippen LogP contribution in [0.2, 0.25) is 0 Å². The van der Waals surface area contributed by atoms with Crippen molar-refractivity contribution in [2.45, 2.75) is 25.7 Å². The Kier molecular flexibility index (Phi) is 7.02. The number of aromatic nitrogens is 2. The van der Waals surface area contributed by atoms with E-state index in [1.165, 1.54) is 0 Å². The maximum Gasteiger partial charge on any atom is 0.240 e. The van der Waals surface area contributed by atoms with E-state index >= 15 is 0 Å². The predicted octanol–water partition coefficient (Wildman–Crippen LogP) is 3.52. The van der Waals surface area contributed by atoms with Gasteiger partial charge in [0.05, 0.1) is 17.2 Å². The zero-order chi connectivity index (χ0) is 21.6. The second-order valence-corrected chi connectivity index (χ2v) is 8.47. The summed E-state index contributed by atoms with van der Waals surface area (Å²) in [4.78, 5) is 0.241. The Balaban J connectivity index is 1.52. The number of benzene rings is 2. The quantitative estimate of drug-likeness (QED) is 0.526. The summed E-state index contributed by atoms with van der Waals surface area (Å²) in [6.45, 7) is 6.64. The van der Waals surface area contributed by atoms with Crippen LogP contribution in [-0.2, 0) is 10.0 Å². The minimum absolute atomic E-state index is 0.123. The van der Waals surface area contributed by atoms with E-state index in [0.717, 1.165) is 22.4 Å². The van der Waals surface area contributed by atoms with Crippen molar-refractivity contribution in [2.75, 3.05) is 19.8 Å². The van der Waals surface area contributed by atoms with Gasteiger partial charge in [-0.25, -0.2) is 13.1 Å². The van der Waals surface area contributed by atoms with Gasteiger partial charge in [-0.05, 0) is 74.4 Å². The highest BCUT2D eigenvalue weighted by molar-refractivity contribution is 7.89. The zero-order valence-corrected chi connectivity index (χ0v) is 18.1. The number of rotatable bonds is 9. The second-order valence-electron chi connectivity index (χ2n) is 6.71. The maximum atomic E-state index is 12.4. The van der Waals surface area contributed by atoms with E-state index in [1.807, 2.05) is 45.0 Å². The maximum absolute atomic E-state index is 12.4. The standard InChI is InChI=1S/C22H25N3O4S/c1-4-28-19-8-6-18(7-9-19)21-11-12-22(25-24-21)29-14-13-23-30(26,27)20-10-5-16(2)17(3)15-20/h5-12,15,23H,4,13-14H2,1-3H3. The van der Waals surface area contributed by atoms with E-state index < -0.39 is 10.0 Å². The summed E-state index contributed by atoms with van der Waals surface area (Å²) in [5, 5.41) is 8.21. The summed E-state index contributed by atoms with van der Waals surface area (Å²) in [7, 11) is -3.58. The van der Waals surface area contributed by atoms with Crippen molar-refractivity contribution < 1.29 is 17.9 Å². The van der Waals surface area contributed by atoms with Gasteiger partial charge in [0.25, 0.3) is 0 Å². The first-order valence-corrected chi connectivity index (χ1v) is 11.1. The molecule has 0 unspecified atom stereocenters. The van der Waals surface area contributed by atoms with Gasteiger partial charge in [-0.1, -0.05) is 6.07 Å². The van der Waals surface area contributed by atoms with Gasteiger partial charge in [0.1, 0.15) is 12.4 Å². The molecule has 0 spiro atoms. The fraction of sp³-hybridized carbons (Fsp3) is 0.273. The van der Waals surface area contributed by atoms with E-state index in [0.29, 0.717) is 18.2 Å². The zero-order valence-electron chi connectivity index (χ0n) is 17.3. The van der Waals surface area contributed by atoms with Gasteiger partial charge >= 0.3 is 0 Å². The second kappa shape index (κ2) is 9.69. The predicted molar refractivity (Wildman–Crippen MR) is 115 cm³/mol. The number of aryl methyl sites for hydroxylation is 2. The number of hydrogen-bond donors (Lipinski definition) is 1. The normalized spacial score (nSPS) is 11.3. The largest absolute Gasteiger partial charge is 0.494 e. The third-order valence-corrected chi connectivity index (χ3v) is 5.99. The summed E-state index contributed by atoms with van der Waals surface area (Å²) < 4.78 is 38.2. The lowest BCUT2D eigenvalue weighted by molar-refractivity contribution is 0.307. The molecule has 158 valence electrons. The van der Waals surface area contributed by atoms with Crippen molar-refractivity contribution in [1.29, 1.82) is 0 Å². The Morgan fingerprint density at radius 1 is 0.900 bits per heavy atom. The Morgan fingerprint density at radius 2 is 1.67 bits per heavy atom. The first-order valence-electron chi connectivity index (χ1n) is 9.66. The molecule has 0 aliphatic rings. The summed E-state index contributed by atoms with van der Waals surface area (Å²) in [6.07, 6.45) is 0. The SMILES string of the molecule is CCOc1ccc(-c2ccc(OCCNS(=O)(=O)c3ccc(C)c(C)c3)nn2)cc1. The topological polar surface area (TPSA) is 90.4 Å². The van der Waals surface area contributed by atoms with Crippen LogP contribution in [0.5, 0.6) is 11.6 Å². The first kappa shape index (κ1) is 21.7. The van der Waals surface area contributed by atoms with Crippen molar-refractivity contribution in [2.24, 2.45) is 0 Å². The molecule has 3 aromatic rings. The van der Waals surface area contributed by atoms with Gasteiger partial charge < -0.3 is 9.47 Å². The van der Waals surface area contributed by atoms with E-state index in [9.17, 15) is 8.42 Å². The van der Waals surface area contributed by atoms with E-state index in [2.05, 4.69) is 14.9 Å². The van der Waals surface area contributed by atoms with E-state index in [-0.39, 0.29) is 18.0 Å². The first-order chi connectivity index (χ1) is 14.4. The van der Waals surface area contributed by atoms with Crippen molar-refractivity contribution in [1.82, 2.24) is 14.9 Å². The van der Waals surface area contributed by atoms with Gasteiger partial charge in [-0.15, -0.1) is 10.2 Å². The summed E-state index contributed by atoms with van der Waals surface area (Å²) in [5.74, 6) is 1.13. The highest BCUT2D eigenvalue weighted by atomic mass is 32.2. The molecule has 30 heavy (non-hydrogen) atoms. The Labute approximate surface area is 177 Å². The molecular weight excluding hydrogens is 402 g/mol. The van der Waals surface area contributed by atoms with Crippen molar-refractivity contribution >= 4 is 10.0 Å². The van der Waals surface area contributed by atoms with Gasteiger partial charge in [0.2, 0.25) is 15.9 Å². The molecule has 2 aromatic carbocycles. The molecule has 0 aliphatic carbocycles. The van der Waals surface area contributed by atoms with Crippen molar-refractivity contribution in [3.05, 3.63) is 65.7 Å². The Morgan fingerprint density at radius 3 is 2.30 bits per heavy atom. The average molecular weight is 428 g/mol. The van der Waals surface area contributed by atoms with Crippen LogP contribution in [0.4, 0.5) is 0 Å². The molecule has 0 aliphatic heterocycles. The van der Waals surface area contributed by atoms with Gasteiger partial charge in [-0.2, -0.15) is 0 Å². The van der Waals surface area contributed by atoms with Crippen LogP contribution >= 0.6 is 0 Å². The van der Waals surface area contributed by atoms with Gasteiger partial charge in [0.15, 0.2) is 0 Å². The molecule has 1 aromatic heterocycles. The smallest absolute Gasteiger partial charge is 0.240 e. The third kappa shape index (κ3) is 5.55. The van der Waals surface area contributed by atoms with Crippen LogP contribution in [0.15, 0.2) is 59.5 Å².